The molecule has 0 fully saturated rings. The number of benzene rings is 3. The van der Waals surface area contributed by atoms with Crippen molar-refractivity contribution >= 4 is 23.3 Å². The largest absolute Gasteiger partial charge is 0.288 e. The summed E-state index contributed by atoms with van der Waals surface area (Å²) in [5.41, 5.74) is 0.476. The van der Waals surface area contributed by atoms with Crippen LogP contribution in [0.2, 0.25) is 0 Å². The van der Waals surface area contributed by atoms with Crippen molar-refractivity contribution in [1.82, 2.24) is 19.7 Å². The minimum absolute atomic E-state index is 0.151. The molecule has 0 N–H and O–H groups in total. The topological polar surface area (TPSA) is 128 Å². The molecule has 2 heterocycles. The second-order valence-corrected chi connectivity index (χ2v) is 7.48. The molecule has 1 aliphatic rings. The number of ketones is 1. The third-order valence-electron chi connectivity index (χ3n) is 5.54. The zero-order chi connectivity index (χ0) is 23.8. The van der Waals surface area contributed by atoms with Crippen molar-refractivity contribution < 1.29 is 19.3 Å². The van der Waals surface area contributed by atoms with Gasteiger partial charge in [-0.2, -0.15) is 0 Å². The van der Waals surface area contributed by atoms with Gasteiger partial charge in [0.05, 0.1) is 28.3 Å². The molecular weight excluding hydrogens is 438 g/mol. The molecule has 0 radical (unpaired) electrons. The van der Waals surface area contributed by atoms with Gasteiger partial charge < -0.3 is 0 Å². The van der Waals surface area contributed by atoms with Crippen molar-refractivity contribution in [2.45, 2.75) is 6.54 Å². The van der Waals surface area contributed by atoms with Crippen molar-refractivity contribution in [3.63, 3.8) is 0 Å². The Balaban J connectivity index is 1.59. The van der Waals surface area contributed by atoms with Crippen LogP contribution in [0, 0.1) is 10.1 Å². The van der Waals surface area contributed by atoms with Gasteiger partial charge in [-0.15, -0.1) is 10.2 Å². The molecular formula is C24H15N5O5. The summed E-state index contributed by atoms with van der Waals surface area (Å²) in [5.74, 6) is -1.34. The van der Waals surface area contributed by atoms with E-state index in [1.54, 1.807) is 54.6 Å². The summed E-state index contributed by atoms with van der Waals surface area (Å²) in [7, 11) is 0. The highest BCUT2D eigenvalue weighted by atomic mass is 16.6. The maximum Gasteiger partial charge on any atom is 0.282 e. The Hall–Kier alpha value is -4.99. The minimum Gasteiger partial charge on any atom is -0.288 e. The standard InChI is InChI=1S/C24H15N5O5/c30-22(15-7-2-1-3-8-15)21-18(11-6-12-19(21)29(33)34)28-14-25-26-20(28)13-27-23(31)16-9-4-5-10-17(16)24(27)32/h1-12,14H,13H2. The number of amides is 2. The molecule has 5 rings (SSSR count). The molecule has 0 aliphatic carbocycles. The zero-order valence-corrected chi connectivity index (χ0v) is 17.5. The molecule has 0 saturated carbocycles. The lowest BCUT2D eigenvalue weighted by molar-refractivity contribution is -0.385. The highest BCUT2D eigenvalue weighted by Gasteiger charge is 2.36. The first-order valence-corrected chi connectivity index (χ1v) is 10.2. The van der Waals surface area contributed by atoms with E-state index in [0.717, 1.165) is 4.90 Å². The van der Waals surface area contributed by atoms with Gasteiger partial charge >= 0.3 is 0 Å². The van der Waals surface area contributed by atoms with E-state index >= 15 is 0 Å². The van der Waals surface area contributed by atoms with Crippen molar-refractivity contribution in [3.8, 4) is 5.69 Å². The fraction of sp³-hybridized carbons (Fsp3) is 0.0417. The van der Waals surface area contributed by atoms with E-state index in [0.29, 0.717) is 0 Å². The van der Waals surface area contributed by atoms with E-state index in [9.17, 15) is 24.5 Å². The van der Waals surface area contributed by atoms with E-state index in [1.807, 2.05) is 0 Å². The lowest BCUT2D eigenvalue weighted by Gasteiger charge is -2.16. The summed E-state index contributed by atoms with van der Waals surface area (Å²) in [6.45, 7) is -0.228. The first kappa shape index (κ1) is 20.9. The van der Waals surface area contributed by atoms with Crippen molar-refractivity contribution in [2.24, 2.45) is 0 Å². The molecule has 0 atom stereocenters. The Morgan fingerprint density at radius 2 is 1.53 bits per heavy atom. The fourth-order valence-corrected chi connectivity index (χ4v) is 3.94. The molecule has 1 aliphatic heterocycles. The van der Waals surface area contributed by atoms with Gasteiger partial charge in [-0.1, -0.05) is 48.5 Å². The molecule has 10 nitrogen and oxygen atoms in total. The van der Waals surface area contributed by atoms with Gasteiger partial charge in [0.1, 0.15) is 11.9 Å². The molecule has 0 saturated heterocycles. The Labute approximate surface area is 192 Å². The third-order valence-corrected chi connectivity index (χ3v) is 5.54. The van der Waals surface area contributed by atoms with Gasteiger partial charge in [0, 0.05) is 11.6 Å². The van der Waals surface area contributed by atoms with Gasteiger partial charge in [-0.05, 0) is 18.2 Å². The van der Waals surface area contributed by atoms with Gasteiger partial charge in [0.25, 0.3) is 17.5 Å². The second-order valence-electron chi connectivity index (χ2n) is 7.48. The number of nitro groups is 1. The van der Waals surface area contributed by atoms with E-state index in [2.05, 4.69) is 10.2 Å². The number of hydrogen-bond donors (Lipinski definition) is 0. The smallest absolute Gasteiger partial charge is 0.282 e. The second kappa shape index (κ2) is 8.17. The molecule has 34 heavy (non-hydrogen) atoms. The summed E-state index contributed by atoms with van der Waals surface area (Å²) in [4.78, 5) is 51.1. The van der Waals surface area contributed by atoms with Crippen LogP contribution in [-0.2, 0) is 6.54 Å². The number of fused-ring (bicyclic) bond motifs is 1. The maximum atomic E-state index is 13.3. The van der Waals surface area contributed by atoms with Crippen LogP contribution in [0.25, 0.3) is 5.69 Å². The summed E-state index contributed by atoms with van der Waals surface area (Å²) in [6, 6.07) is 18.9. The van der Waals surface area contributed by atoms with Crippen molar-refractivity contribution in [1.29, 1.82) is 0 Å². The van der Waals surface area contributed by atoms with Crippen LogP contribution < -0.4 is 0 Å². The first-order valence-electron chi connectivity index (χ1n) is 10.2. The van der Waals surface area contributed by atoms with Gasteiger partial charge in [0.2, 0.25) is 5.78 Å². The predicted molar refractivity (Wildman–Crippen MR) is 119 cm³/mol. The molecule has 0 bridgehead atoms. The van der Waals surface area contributed by atoms with E-state index in [4.69, 9.17) is 0 Å². The summed E-state index contributed by atoms with van der Waals surface area (Å²) >= 11 is 0. The highest BCUT2D eigenvalue weighted by Crippen LogP contribution is 2.30. The number of rotatable bonds is 6. The van der Waals surface area contributed by atoms with Crippen LogP contribution in [-0.4, -0.2) is 42.2 Å². The summed E-state index contributed by atoms with van der Waals surface area (Å²) < 4.78 is 1.38. The highest BCUT2D eigenvalue weighted by molar-refractivity contribution is 6.21. The molecule has 1 aromatic heterocycles. The van der Waals surface area contributed by atoms with Gasteiger partial charge in [-0.3, -0.25) is 34.0 Å². The van der Waals surface area contributed by atoms with E-state index in [1.165, 1.54) is 29.1 Å². The number of carbonyl (C=O) groups is 3. The molecule has 3 aromatic carbocycles. The number of hydrogen-bond acceptors (Lipinski definition) is 7. The number of aromatic nitrogens is 3. The van der Waals surface area contributed by atoms with E-state index < -0.39 is 22.5 Å². The zero-order valence-electron chi connectivity index (χ0n) is 17.5. The predicted octanol–water partition coefficient (Wildman–Crippen LogP) is 3.20. The molecule has 4 aromatic rings. The molecule has 10 heteroatoms. The lowest BCUT2D eigenvalue weighted by atomic mass is 9.99. The SMILES string of the molecule is O=C(c1ccccc1)c1c(-n2cnnc2CN2C(=O)c3ccccc3C2=O)cccc1[N+](=O)[O-]. The van der Waals surface area contributed by atoms with Crippen LogP contribution >= 0.6 is 0 Å². The van der Waals surface area contributed by atoms with Crippen LogP contribution in [0.15, 0.2) is 79.1 Å². The van der Waals surface area contributed by atoms with Gasteiger partial charge in [-0.25, -0.2) is 0 Å². The molecule has 0 spiro atoms. The number of nitrogens with zero attached hydrogens (tertiary/aromatic N) is 5. The molecule has 2 amide bonds. The van der Waals surface area contributed by atoms with Crippen molar-refractivity contribution in [2.75, 3.05) is 0 Å². The summed E-state index contributed by atoms with van der Waals surface area (Å²) in [5, 5.41) is 19.7. The van der Waals surface area contributed by atoms with Gasteiger partial charge in [0.15, 0.2) is 5.82 Å². The molecule has 166 valence electrons. The third kappa shape index (κ3) is 3.34. The van der Waals surface area contributed by atoms with Crippen molar-refractivity contribution in [3.05, 3.63) is 117 Å². The monoisotopic (exact) mass is 453 g/mol. The van der Waals surface area contributed by atoms with Crippen LogP contribution in [0.1, 0.15) is 42.5 Å². The fourth-order valence-electron chi connectivity index (χ4n) is 3.94. The molecule has 0 unspecified atom stereocenters. The Morgan fingerprint density at radius 3 is 2.18 bits per heavy atom. The normalized spacial score (nSPS) is 12.6. The minimum atomic E-state index is -0.631. The van der Waals surface area contributed by atoms with Crippen LogP contribution in [0.5, 0.6) is 0 Å². The number of nitro benzene ring substituents is 1. The van der Waals surface area contributed by atoms with E-state index in [-0.39, 0.29) is 46.0 Å². The first-order chi connectivity index (χ1) is 16.5. The Kier molecular flexibility index (Phi) is 5.02. The number of imide groups is 1. The lowest BCUT2D eigenvalue weighted by Crippen LogP contribution is -2.30. The number of carbonyl (C=O) groups excluding carboxylic acids is 3. The maximum absolute atomic E-state index is 13.3. The average Bonchev–Trinajstić information content (AvgIpc) is 3.42. The van der Waals surface area contributed by atoms with Crippen LogP contribution in [0.4, 0.5) is 5.69 Å². The summed E-state index contributed by atoms with van der Waals surface area (Å²) in [6.07, 6.45) is 1.29. The van der Waals surface area contributed by atoms with Crippen LogP contribution in [0.3, 0.4) is 0 Å². The Morgan fingerprint density at radius 1 is 0.882 bits per heavy atom. The quantitative estimate of drug-likeness (QED) is 0.190. The Bertz CT molecular complexity index is 1440. The average molecular weight is 453 g/mol.